The van der Waals surface area contributed by atoms with Crippen LogP contribution in [-0.2, 0) is 107 Å². The van der Waals surface area contributed by atoms with Crippen LogP contribution in [0.3, 0.4) is 0 Å². The van der Waals surface area contributed by atoms with Crippen molar-refractivity contribution < 1.29 is 60.3 Å². The molecule has 15 aromatic rings. The zero-order valence-corrected chi connectivity index (χ0v) is 72.7. The Morgan fingerprint density at radius 1 is 0.286 bits per heavy atom. The van der Waals surface area contributed by atoms with Crippen LogP contribution in [0.25, 0.3) is 66.1 Å². The van der Waals surface area contributed by atoms with Crippen molar-refractivity contribution in [1.82, 2.24) is 15.0 Å². The van der Waals surface area contributed by atoms with E-state index in [1.807, 2.05) is 61.1 Å². The Morgan fingerprint density at radius 3 is 0.971 bits per heavy atom. The van der Waals surface area contributed by atoms with Gasteiger partial charge in [0.05, 0.1) is 0 Å². The smallest absolute Gasteiger partial charge is 0.0239 e. The summed E-state index contributed by atoms with van der Waals surface area (Å²) < 4.78 is 0. The van der Waals surface area contributed by atoms with Gasteiger partial charge in [0.25, 0.3) is 0 Å². The summed E-state index contributed by atoms with van der Waals surface area (Å²) >= 11 is 19.9. The molecule has 0 aliphatic carbocycles. The van der Waals surface area contributed by atoms with Crippen LogP contribution in [0.15, 0.2) is 310 Å². The summed E-state index contributed by atoms with van der Waals surface area (Å²) in [5, 5.41) is 17.7. The summed E-state index contributed by atoms with van der Waals surface area (Å²) in [7, 11) is 0. The Balaban J connectivity index is 0.000000167. The van der Waals surface area contributed by atoms with Gasteiger partial charge in [-0.15, -0.1) is 89.5 Å². The Labute approximate surface area is 677 Å². The SMILES string of the molecule is CC(C)(C)c1ccc(P(=S)(c2ccc(C(C)(C)C)cc2)c2cc[c-]c(-c3cc4ccccc4cn3)c2)cc1.Cc1ccc(C)c(P(=S)(c2cc[c-]c(-c3cc4ccccc4cn3)c2)c2cc(C)ccc2C)c1.S=P(c1c[c-]c(-c2cc3ccccc3cn2)cc1)(c1ccccc1)c1ccccc1.[Ir].[Ir].[Ir]. The fourth-order valence-corrected chi connectivity index (χ4v) is 25.3. The molecule has 0 N–H and O–H groups in total. The van der Waals surface area contributed by atoms with Gasteiger partial charge in [0.2, 0.25) is 0 Å². The van der Waals surface area contributed by atoms with Crippen LogP contribution in [-0.4, -0.2) is 15.0 Å². The molecule has 0 bridgehead atoms. The maximum absolute atomic E-state index is 6.76. The molecule has 12 aromatic carbocycles. The van der Waals surface area contributed by atoms with E-state index in [4.69, 9.17) is 45.4 Å². The van der Waals surface area contributed by atoms with Crippen molar-refractivity contribution in [2.75, 3.05) is 0 Å². The van der Waals surface area contributed by atoms with E-state index < -0.39 is 18.1 Å². The Kier molecular flexibility index (Phi) is 26.3. The van der Waals surface area contributed by atoms with E-state index in [2.05, 4.69) is 341 Å². The van der Waals surface area contributed by atoms with Gasteiger partial charge in [-0.2, -0.15) is 0 Å². The first kappa shape index (κ1) is 80.3. The molecule has 3 aromatic heterocycles. The van der Waals surface area contributed by atoms with E-state index in [1.165, 1.54) is 86.7 Å². The van der Waals surface area contributed by atoms with Gasteiger partial charge in [0.15, 0.2) is 0 Å². The molecule has 15 rings (SSSR count). The van der Waals surface area contributed by atoms with E-state index in [0.29, 0.717) is 0 Å². The molecule has 531 valence electrons. The summed E-state index contributed by atoms with van der Waals surface area (Å²) in [4.78, 5) is 14.2. The summed E-state index contributed by atoms with van der Waals surface area (Å²) in [5.41, 5.74) is 13.5. The van der Waals surface area contributed by atoms with Crippen molar-refractivity contribution in [1.29, 1.82) is 0 Å². The summed E-state index contributed by atoms with van der Waals surface area (Å²) in [6, 6.07) is 106. The van der Waals surface area contributed by atoms with Crippen LogP contribution in [0, 0.1) is 45.9 Å². The van der Waals surface area contributed by atoms with Crippen LogP contribution in [0.5, 0.6) is 0 Å². The molecule has 3 nitrogen and oxygen atoms in total. The van der Waals surface area contributed by atoms with Crippen LogP contribution in [0.1, 0.15) is 74.9 Å². The third-order valence-electron chi connectivity index (χ3n) is 19.0. The third kappa shape index (κ3) is 17.5. The minimum atomic E-state index is -2.33. The third-order valence-corrected chi connectivity index (χ3v) is 34.1. The second-order valence-corrected chi connectivity index (χ2v) is 41.5. The number of fused-ring (bicyclic) bond motifs is 3. The van der Waals surface area contributed by atoms with Crippen molar-refractivity contribution in [3.63, 3.8) is 0 Å². The van der Waals surface area contributed by atoms with Crippen molar-refractivity contribution in [3.8, 4) is 33.8 Å². The molecule has 105 heavy (non-hydrogen) atoms. The number of pyridine rings is 3. The first-order valence-electron chi connectivity index (χ1n) is 34.5. The van der Waals surface area contributed by atoms with E-state index in [1.54, 1.807) is 0 Å². The van der Waals surface area contributed by atoms with Gasteiger partial charge in [-0.1, -0.05) is 328 Å². The molecule has 0 aliphatic rings. The van der Waals surface area contributed by atoms with Crippen LogP contribution < -0.4 is 47.7 Å². The van der Waals surface area contributed by atoms with Gasteiger partial charge in [-0.3, -0.25) is 0 Å². The molecule has 0 amide bonds. The van der Waals surface area contributed by atoms with Gasteiger partial charge in [-0.25, -0.2) is 0 Å². The molecule has 0 fully saturated rings. The number of aryl methyl sites for hydroxylation is 4. The average Bonchev–Trinajstić information content (AvgIpc) is 0.752. The summed E-state index contributed by atoms with van der Waals surface area (Å²) in [5.74, 6) is 0. The molecule has 0 aliphatic heterocycles. The number of nitrogens with zero attached hydrogens (tertiary/aromatic N) is 3. The van der Waals surface area contributed by atoms with Crippen molar-refractivity contribution in [3.05, 3.63) is 361 Å². The first-order valence-corrected chi connectivity index (χ1v) is 42.9. The maximum Gasteiger partial charge on any atom is 0.0239 e. The average molecular weight is 2010 g/mol. The second kappa shape index (κ2) is 34.3. The van der Waals surface area contributed by atoms with E-state index in [9.17, 15) is 0 Å². The molecule has 0 spiro atoms. The summed E-state index contributed by atoms with van der Waals surface area (Å²) in [6.45, 7) is 22.2. The fraction of sp³-hybridized carbons (Fsp3) is 0.129. The van der Waals surface area contributed by atoms with Crippen molar-refractivity contribution in [2.45, 2.75) is 80.1 Å². The number of hydrogen-bond acceptors (Lipinski definition) is 6. The molecule has 12 heteroatoms. The molecule has 0 saturated carbocycles. The van der Waals surface area contributed by atoms with Gasteiger partial charge < -0.3 is 15.0 Å². The van der Waals surface area contributed by atoms with Crippen molar-refractivity contribution >= 4 is 134 Å². The predicted octanol–water partition coefficient (Wildman–Crippen LogP) is 20.2. The maximum atomic E-state index is 6.76. The number of hydrogen-bond donors (Lipinski definition) is 0. The molecule has 0 unspecified atom stereocenters. The van der Waals surface area contributed by atoms with Crippen LogP contribution in [0.4, 0.5) is 0 Å². The van der Waals surface area contributed by atoms with Gasteiger partial charge >= 0.3 is 0 Å². The zero-order chi connectivity index (χ0) is 71.4. The molecular weight excluding hydrogens is 1920 g/mol. The molecule has 3 radical (unpaired) electrons. The zero-order valence-electron chi connectivity index (χ0n) is 60.4. The van der Waals surface area contributed by atoms with Crippen LogP contribution in [0.2, 0.25) is 0 Å². The standard InChI is InChI=1S/C35H35NPS.C31H27NPS.C27H19NPS.3Ir/c1-34(2,3)28-14-18-30(19-15-28)37(38,31-20-16-29(17-21-31)35(4,5)6)32-13-9-12-26(22-32)33-23-25-10-7-8-11-27(25)24-36-33;1-21-12-14-23(3)30(16-21)33(34,31-17-22(2)13-15-24(31)4)28-11-7-10-26(18-28)29-19-25-8-5-6-9-27(25)20-32-29;30-29(24-11-3-1-4-12-24,25-13-5-2-6-14-25)26-17-15-21(16-18-26)27-19-22-9-7-8-10-23(22)20-28-27;;;/h7-11,13-24H,1-6H3;5-9,11-20H,1-4H3;1-15,17-20H;;;/q3*-1;;;. The van der Waals surface area contributed by atoms with Crippen LogP contribution >= 0.6 is 18.1 Å². The topological polar surface area (TPSA) is 38.7 Å². The normalized spacial score (nSPS) is 11.6. The monoisotopic (exact) mass is 2010 g/mol. The van der Waals surface area contributed by atoms with Gasteiger partial charge in [0, 0.05) is 97.0 Å². The predicted molar refractivity (Wildman–Crippen MR) is 453 cm³/mol. The quantitative estimate of drug-likeness (QED) is 0.0897. The molecular formula is C93H81Ir3N3P3S3-3. The minimum absolute atomic E-state index is 0. The second-order valence-electron chi connectivity index (χ2n) is 28.3. The van der Waals surface area contributed by atoms with Gasteiger partial charge in [-0.05, 0) is 154 Å². The van der Waals surface area contributed by atoms with Crippen molar-refractivity contribution in [2.24, 2.45) is 0 Å². The number of benzene rings is 12. The van der Waals surface area contributed by atoms with E-state index in [0.717, 1.165) is 60.5 Å². The van der Waals surface area contributed by atoms with Gasteiger partial charge in [0.1, 0.15) is 0 Å². The Morgan fingerprint density at radius 2 is 0.610 bits per heavy atom. The Hall–Kier alpha value is -7.23. The first-order chi connectivity index (χ1) is 49.1. The van der Waals surface area contributed by atoms with E-state index in [-0.39, 0.29) is 71.1 Å². The molecule has 0 atom stereocenters. The largest absolute Gasteiger partial charge is 0.304 e. The Bertz CT molecular complexity index is 5540. The van der Waals surface area contributed by atoms with E-state index >= 15 is 0 Å². The molecule has 3 heterocycles. The number of aromatic nitrogens is 3. The fourth-order valence-electron chi connectivity index (χ4n) is 13.1. The minimum Gasteiger partial charge on any atom is -0.304 e. The summed E-state index contributed by atoms with van der Waals surface area (Å²) in [6.07, 6.45) is 5.80. The number of rotatable bonds is 12. The molecule has 0 saturated heterocycles.